The first kappa shape index (κ1) is 20.6. The highest BCUT2D eigenvalue weighted by atomic mass is 32.2. The lowest BCUT2D eigenvalue weighted by Gasteiger charge is -2.12. The minimum Gasteiger partial charge on any atom is -0.329 e. The molecule has 2 aromatic heterocycles. The summed E-state index contributed by atoms with van der Waals surface area (Å²) in [5.74, 6) is 0.451. The van der Waals surface area contributed by atoms with E-state index < -0.39 is 0 Å². The number of urea groups is 1. The molecule has 1 aliphatic rings. The summed E-state index contributed by atoms with van der Waals surface area (Å²) in [5.41, 5.74) is 4.29. The van der Waals surface area contributed by atoms with Gasteiger partial charge in [0.1, 0.15) is 4.83 Å². The summed E-state index contributed by atoms with van der Waals surface area (Å²) in [6.45, 7) is 4.57. The van der Waals surface area contributed by atoms with E-state index in [1.54, 1.807) is 11.6 Å². The minimum atomic E-state index is -0.339. The van der Waals surface area contributed by atoms with Crippen molar-refractivity contribution in [3.8, 4) is 11.1 Å². The van der Waals surface area contributed by atoms with Crippen molar-refractivity contribution in [2.24, 2.45) is 7.05 Å². The van der Waals surface area contributed by atoms with E-state index in [-0.39, 0.29) is 24.0 Å². The molecule has 1 N–H and O–H groups in total. The second-order valence-electron chi connectivity index (χ2n) is 7.29. The normalized spacial score (nSPS) is 14.0. The number of amides is 3. The van der Waals surface area contributed by atoms with E-state index >= 15 is 0 Å². The van der Waals surface area contributed by atoms with Crippen molar-refractivity contribution in [3.05, 3.63) is 45.1 Å². The third-order valence-electron chi connectivity index (χ3n) is 5.29. The Morgan fingerprint density at radius 1 is 1.20 bits per heavy atom. The van der Waals surface area contributed by atoms with E-state index in [1.807, 2.05) is 11.4 Å². The summed E-state index contributed by atoms with van der Waals surface area (Å²) in [5, 5.41) is 5.79. The van der Waals surface area contributed by atoms with Crippen LogP contribution in [0.1, 0.15) is 17.5 Å². The predicted molar refractivity (Wildman–Crippen MR) is 120 cm³/mol. The molecule has 30 heavy (non-hydrogen) atoms. The molecule has 9 heteroatoms. The fourth-order valence-electron chi connectivity index (χ4n) is 3.37. The molecule has 1 fully saturated rings. The van der Waals surface area contributed by atoms with Crippen molar-refractivity contribution in [3.63, 3.8) is 0 Å². The zero-order chi connectivity index (χ0) is 21.4. The molecule has 156 valence electrons. The number of rotatable bonds is 6. The van der Waals surface area contributed by atoms with Crippen molar-refractivity contribution in [2.75, 3.05) is 18.8 Å². The molecule has 0 spiro atoms. The molecule has 4 rings (SSSR count). The number of thioether (sulfide) groups is 1. The average Bonchev–Trinajstić information content (AvgIpc) is 3.28. The number of benzene rings is 1. The number of nitrogens with zero attached hydrogens (tertiary/aromatic N) is 3. The summed E-state index contributed by atoms with van der Waals surface area (Å²) in [6.07, 6.45) is 0.635. The van der Waals surface area contributed by atoms with Gasteiger partial charge in [-0.25, -0.2) is 9.78 Å². The Balaban J connectivity index is 1.54. The summed E-state index contributed by atoms with van der Waals surface area (Å²) in [7, 11) is 1.73. The van der Waals surface area contributed by atoms with Crippen LogP contribution in [-0.2, 0) is 11.8 Å². The molecule has 0 aliphatic carbocycles. The van der Waals surface area contributed by atoms with Gasteiger partial charge in [-0.3, -0.25) is 19.1 Å². The summed E-state index contributed by atoms with van der Waals surface area (Å²) in [6, 6.07) is 5.88. The van der Waals surface area contributed by atoms with Gasteiger partial charge < -0.3 is 5.32 Å². The Morgan fingerprint density at radius 3 is 2.70 bits per heavy atom. The van der Waals surface area contributed by atoms with Crippen LogP contribution >= 0.6 is 23.1 Å². The fourth-order valence-corrected chi connectivity index (χ4v) is 5.26. The number of nitrogens with one attached hydrogen (secondary N) is 1. The molecule has 3 amide bonds. The van der Waals surface area contributed by atoms with Gasteiger partial charge in [-0.05, 0) is 37.0 Å². The van der Waals surface area contributed by atoms with E-state index in [0.717, 1.165) is 16.0 Å². The Hall–Kier alpha value is -2.65. The number of aryl methyl sites for hydroxylation is 2. The van der Waals surface area contributed by atoms with E-state index in [2.05, 4.69) is 31.3 Å². The average molecular weight is 443 g/mol. The van der Waals surface area contributed by atoms with E-state index in [0.29, 0.717) is 29.3 Å². The summed E-state index contributed by atoms with van der Waals surface area (Å²) < 4.78 is 1.58. The van der Waals surface area contributed by atoms with Crippen molar-refractivity contribution in [1.82, 2.24) is 19.8 Å². The first-order valence-corrected chi connectivity index (χ1v) is 11.5. The highest BCUT2D eigenvalue weighted by Gasteiger charge is 2.27. The number of thiophene rings is 1. The van der Waals surface area contributed by atoms with E-state index in [9.17, 15) is 14.4 Å². The number of hydrogen-bond acceptors (Lipinski definition) is 6. The second kappa shape index (κ2) is 8.23. The van der Waals surface area contributed by atoms with Crippen molar-refractivity contribution in [1.29, 1.82) is 0 Å². The van der Waals surface area contributed by atoms with Crippen LogP contribution in [0.4, 0.5) is 4.79 Å². The maximum atomic E-state index is 13.1. The van der Waals surface area contributed by atoms with Crippen molar-refractivity contribution < 1.29 is 9.59 Å². The molecule has 7 nitrogen and oxygen atoms in total. The Bertz CT molecular complexity index is 1200. The number of aromatic nitrogens is 2. The minimum absolute atomic E-state index is 0.0638. The first-order chi connectivity index (χ1) is 14.4. The molecule has 3 heterocycles. The maximum absolute atomic E-state index is 13.1. The van der Waals surface area contributed by atoms with Gasteiger partial charge in [0.15, 0.2) is 5.16 Å². The lowest BCUT2D eigenvalue weighted by Crippen LogP contribution is -2.32. The standard InChI is InChI=1S/C21H22N4O3S2/c1-12-5-6-14(9-13(12)2)15-11-30-18-17(15)19(27)24(3)21(23-18)29-8-4-7-25-16(26)10-22-20(25)28/h5-6,9,11H,4,7-8,10H2,1-3H3,(H,22,28). The fraction of sp³-hybridized carbons (Fsp3) is 0.333. The molecule has 1 saturated heterocycles. The summed E-state index contributed by atoms with van der Waals surface area (Å²) in [4.78, 5) is 43.0. The van der Waals surface area contributed by atoms with Crippen molar-refractivity contribution >= 4 is 45.3 Å². The third kappa shape index (κ3) is 3.75. The van der Waals surface area contributed by atoms with Gasteiger partial charge >= 0.3 is 6.03 Å². The van der Waals surface area contributed by atoms with Crippen LogP contribution in [0.15, 0.2) is 33.5 Å². The number of imide groups is 1. The number of fused-ring (bicyclic) bond motifs is 1. The molecule has 0 bridgehead atoms. The molecule has 0 atom stereocenters. The topological polar surface area (TPSA) is 84.3 Å². The first-order valence-electron chi connectivity index (χ1n) is 9.63. The molecule has 0 unspecified atom stereocenters. The molecule has 0 saturated carbocycles. The van der Waals surface area contributed by atoms with Crippen LogP contribution in [0.25, 0.3) is 21.3 Å². The quantitative estimate of drug-likeness (QED) is 0.274. The van der Waals surface area contributed by atoms with Crippen LogP contribution in [-0.4, -0.2) is 45.2 Å². The van der Waals surface area contributed by atoms with Gasteiger partial charge in [0.05, 0.1) is 11.9 Å². The Morgan fingerprint density at radius 2 is 2.00 bits per heavy atom. The third-order valence-corrected chi connectivity index (χ3v) is 7.27. The van der Waals surface area contributed by atoms with Gasteiger partial charge in [0.2, 0.25) is 5.91 Å². The Kier molecular flexibility index (Phi) is 5.66. The van der Waals surface area contributed by atoms with E-state index in [1.165, 1.54) is 39.1 Å². The summed E-state index contributed by atoms with van der Waals surface area (Å²) >= 11 is 2.93. The van der Waals surface area contributed by atoms with Crippen LogP contribution in [0, 0.1) is 13.8 Å². The molecular formula is C21H22N4O3S2. The molecule has 1 aromatic carbocycles. The molecular weight excluding hydrogens is 420 g/mol. The number of hydrogen-bond donors (Lipinski definition) is 1. The Labute approximate surface area is 182 Å². The largest absolute Gasteiger partial charge is 0.329 e. The van der Waals surface area contributed by atoms with E-state index in [4.69, 9.17) is 4.98 Å². The number of carbonyl (C=O) groups excluding carboxylic acids is 2. The highest BCUT2D eigenvalue weighted by Crippen LogP contribution is 2.33. The lowest BCUT2D eigenvalue weighted by atomic mass is 10.0. The van der Waals surface area contributed by atoms with Crippen LogP contribution in [0.2, 0.25) is 0 Å². The van der Waals surface area contributed by atoms with Gasteiger partial charge in [0.25, 0.3) is 5.56 Å². The van der Waals surface area contributed by atoms with Gasteiger partial charge in [-0.1, -0.05) is 30.0 Å². The number of carbonyl (C=O) groups is 2. The second-order valence-corrected chi connectivity index (χ2v) is 9.21. The maximum Gasteiger partial charge on any atom is 0.324 e. The van der Waals surface area contributed by atoms with Gasteiger partial charge in [-0.15, -0.1) is 11.3 Å². The smallest absolute Gasteiger partial charge is 0.324 e. The zero-order valence-electron chi connectivity index (χ0n) is 17.0. The van der Waals surface area contributed by atoms with Crippen LogP contribution in [0.5, 0.6) is 0 Å². The predicted octanol–water partition coefficient (Wildman–Crippen LogP) is 3.31. The van der Waals surface area contributed by atoms with Gasteiger partial charge in [-0.2, -0.15) is 0 Å². The van der Waals surface area contributed by atoms with Crippen LogP contribution in [0.3, 0.4) is 0 Å². The highest BCUT2D eigenvalue weighted by molar-refractivity contribution is 7.99. The molecule has 0 radical (unpaired) electrons. The molecule has 3 aromatic rings. The van der Waals surface area contributed by atoms with Gasteiger partial charge in [0, 0.05) is 30.3 Å². The lowest BCUT2D eigenvalue weighted by molar-refractivity contribution is -0.124. The van der Waals surface area contributed by atoms with Crippen LogP contribution < -0.4 is 10.9 Å². The van der Waals surface area contributed by atoms with Crippen molar-refractivity contribution in [2.45, 2.75) is 25.4 Å². The molecule has 1 aliphatic heterocycles. The monoisotopic (exact) mass is 442 g/mol. The SMILES string of the molecule is Cc1ccc(-c2csc3nc(SCCCN4C(=O)CNC4=O)n(C)c(=O)c23)cc1C. The zero-order valence-corrected chi connectivity index (χ0v) is 18.7.